The maximum Gasteiger partial charge on any atom is 0.358 e. The molecule has 2 aromatic rings. The SMILES string of the molecule is CCOC(=O)c1cc2nc(C(F)F)cc(Cl)n2n1. The average Bonchev–Trinajstić information content (AvgIpc) is 2.73. The van der Waals surface area contributed by atoms with Crippen LogP contribution in [0.4, 0.5) is 8.78 Å². The standard InChI is InChI=1S/C10H8ClF2N3O2/c1-2-18-10(17)6-4-8-14-5(9(12)13)3-7(11)16(8)15-6/h3-4,9H,2H2,1H3. The highest BCUT2D eigenvalue weighted by Crippen LogP contribution is 2.22. The summed E-state index contributed by atoms with van der Waals surface area (Å²) in [6, 6.07) is 2.25. The van der Waals surface area contributed by atoms with Crippen molar-refractivity contribution in [1.82, 2.24) is 14.6 Å². The van der Waals surface area contributed by atoms with Gasteiger partial charge in [-0.15, -0.1) is 0 Å². The Morgan fingerprint density at radius 2 is 2.28 bits per heavy atom. The number of fused-ring (bicyclic) bond motifs is 1. The largest absolute Gasteiger partial charge is 0.461 e. The number of hydrogen-bond donors (Lipinski definition) is 0. The summed E-state index contributed by atoms with van der Waals surface area (Å²) >= 11 is 5.78. The van der Waals surface area contributed by atoms with Crippen LogP contribution in [0, 0.1) is 0 Å². The van der Waals surface area contributed by atoms with Gasteiger partial charge in [0, 0.05) is 12.1 Å². The Morgan fingerprint density at radius 3 is 2.89 bits per heavy atom. The van der Waals surface area contributed by atoms with Crippen LogP contribution < -0.4 is 0 Å². The molecular formula is C10H8ClF2N3O2. The fraction of sp³-hybridized carbons (Fsp3) is 0.300. The van der Waals surface area contributed by atoms with Crippen LogP contribution in [0.5, 0.6) is 0 Å². The van der Waals surface area contributed by atoms with E-state index >= 15 is 0 Å². The smallest absolute Gasteiger partial charge is 0.358 e. The zero-order valence-electron chi connectivity index (χ0n) is 9.23. The molecule has 5 nitrogen and oxygen atoms in total. The predicted octanol–water partition coefficient (Wildman–Crippen LogP) is 2.50. The van der Waals surface area contributed by atoms with Crippen molar-refractivity contribution >= 4 is 23.2 Å². The lowest BCUT2D eigenvalue weighted by Gasteiger charge is -2.01. The van der Waals surface area contributed by atoms with Crippen molar-refractivity contribution in [2.45, 2.75) is 13.3 Å². The maximum atomic E-state index is 12.5. The number of hydrogen-bond acceptors (Lipinski definition) is 4. The summed E-state index contributed by atoms with van der Waals surface area (Å²) in [6.07, 6.45) is -2.74. The molecule has 2 aromatic heterocycles. The molecule has 96 valence electrons. The molecule has 0 saturated carbocycles. The molecule has 0 aliphatic rings. The normalized spacial score (nSPS) is 11.2. The summed E-state index contributed by atoms with van der Waals surface area (Å²) in [5.74, 6) is -0.655. The maximum absolute atomic E-state index is 12.5. The van der Waals surface area contributed by atoms with Crippen LogP contribution >= 0.6 is 11.6 Å². The molecule has 0 aliphatic heterocycles. The van der Waals surface area contributed by atoms with Crippen molar-refractivity contribution in [3.63, 3.8) is 0 Å². The molecule has 0 amide bonds. The van der Waals surface area contributed by atoms with E-state index in [0.29, 0.717) is 0 Å². The Labute approximate surface area is 105 Å². The van der Waals surface area contributed by atoms with Crippen LogP contribution in [-0.4, -0.2) is 27.2 Å². The molecule has 18 heavy (non-hydrogen) atoms. The van der Waals surface area contributed by atoms with Gasteiger partial charge in [-0.05, 0) is 6.92 Å². The van der Waals surface area contributed by atoms with Crippen LogP contribution in [0.15, 0.2) is 12.1 Å². The molecule has 0 aromatic carbocycles. The summed E-state index contributed by atoms with van der Waals surface area (Å²) < 4.78 is 30.9. The Balaban J connectivity index is 2.50. The van der Waals surface area contributed by atoms with Crippen molar-refractivity contribution in [3.8, 4) is 0 Å². The van der Waals surface area contributed by atoms with Gasteiger partial charge in [-0.2, -0.15) is 5.10 Å². The minimum Gasteiger partial charge on any atom is -0.461 e. The third kappa shape index (κ3) is 2.26. The molecule has 0 saturated heterocycles. The van der Waals surface area contributed by atoms with Gasteiger partial charge in [0.15, 0.2) is 11.3 Å². The van der Waals surface area contributed by atoms with Gasteiger partial charge in [0.05, 0.1) is 6.61 Å². The van der Waals surface area contributed by atoms with Crippen molar-refractivity contribution in [1.29, 1.82) is 0 Å². The quantitative estimate of drug-likeness (QED) is 0.638. The van der Waals surface area contributed by atoms with Crippen LogP contribution in [0.2, 0.25) is 5.15 Å². The number of rotatable bonds is 3. The number of carbonyl (C=O) groups excluding carboxylic acids is 1. The third-order valence-corrected chi connectivity index (χ3v) is 2.38. The molecule has 2 heterocycles. The van der Waals surface area contributed by atoms with Gasteiger partial charge in [0.1, 0.15) is 10.8 Å². The molecule has 0 spiro atoms. The molecule has 0 fully saturated rings. The number of alkyl halides is 2. The molecule has 0 unspecified atom stereocenters. The second-order valence-corrected chi connectivity index (χ2v) is 3.71. The molecule has 0 atom stereocenters. The van der Waals surface area contributed by atoms with Crippen LogP contribution in [-0.2, 0) is 4.74 Å². The first-order valence-corrected chi connectivity index (χ1v) is 5.42. The van der Waals surface area contributed by atoms with Gasteiger partial charge >= 0.3 is 5.97 Å². The van der Waals surface area contributed by atoms with E-state index in [-0.39, 0.29) is 23.1 Å². The first-order valence-electron chi connectivity index (χ1n) is 5.04. The summed E-state index contributed by atoms with van der Waals surface area (Å²) in [5, 5.41) is 3.78. The minimum atomic E-state index is -2.74. The lowest BCUT2D eigenvalue weighted by atomic mass is 10.4. The van der Waals surface area contributed by atoms with E-state index in [2.05, 4.69) is 10.1 Å². The molecule has 0 radical (unpaired) electrons. The average molecular weight is 276 g/mol. The zero-order chi connectivity index (χ0) is 13.3. The van der Waals surface area contributed by atoms with E-state index in [1.165, 1.54) is 6.07 Å². The van der Waals surface area contributed by atoms with Crippen molar-refractivity contribution < 1.29 is 18.3 Å². The van der Waals surface area contributed by atoms with Crippen LogP contribution in [0.25, 0.3) is 5.65 Å². The predicted molar refractivity (Wildman–Crippen MR) is 58.9 cm³/mol. The topological polar surface area (TPSA) is 56.5 Å². The fourth-order valence-electron chi connectivity index (χ4n) is 1.37. The number of esters is 1. The molecular weight excluding hydrogens is 268 g/mol. The summed E-state index contributed by atoms with van der Waals surface area (Å²) in [7, 11) is 0. The van der Waals surface area contributed by atoms with Gasteiger partial charge in [0.2, 0.25) is 0 Å². The zero-order valence-corrected chi connectivity index (χ0v) is 9.99. The lowest BCUT2D eigenvalue weighted by Crippen LogP contribution is -2.05. The highest BCUT2D eigenvalue weighted by molar-refractivity contribution is 6.29. The second-order valence-electron chi connectivity index (χ2n) is 3.32. The second kappa shape index (κ2) is 4.85. The first kappa shape index (κ1) is 12.7. The van der Waals surface area contributed by atoms with E-state index < -0.39 is 18.1 Å². The van der Waals surface area contributed by atoms with Crippen LogP contribution in [0.3, 0.4) is 0 Å². The molecule has 0 N–H and O–H groups in total. The molecule has 0 aliphatic carbocycles. The number of carbonyl (C=O) groups is 1. The monoisotopic (exact) mass is 275 g/mol. The van der Waals surface area contributed by atoms with E-state index in [0.717, 1.165) is 10.6 Å². The Bertz CT molecular complexity index is 600. The number of nitrogens with zero attached hydrogens (tertiary/aromatic N) is 3. The Kier molecular flexibility index (Phi) is 3.42. The third-order valence-electron chi connectivity index (χ3n) is 2.11. The number of aromatic nitrogens is 3. The van der Waals surface area contributed by atoms with E-state index in [1.54, 1.807) is 6.92 Å². The summed E-state index contributed by atoms with van der Waals surface area (Å²) in [5.41, 5.74) is -0.429. The Hall–Kier alpha value is -1.76. The molecule has 0 bridgehead atoms. The summed E-state index contributed by atoms with van der Waals surface area (Å²) in [4.78, 5) is 15.1. The van der Waals surface area contributed by atoms with E-state index in [4.69, 9.17) is 16.3 Å². The highest BCUT2D eigenvalue weighted by Gasteiger charge is 2.17. The van der Waals surface area contributed by atoms with Gasteiger partial charge < -0.3 is 4.74 Å². The first-order chi connectivity index (χ1) is 8.52. The van der Waals surface area contributed by atoms with Crippen LogP contribution in [0.1, 0.15) is 29.5 Å². The fourth-order valence-corrected chi connectivity index (χ4v) is 1.61. The van der Waals surface area contributed by atoms with Crippen molar-refractivity contribution in [2.24, 2.45) is 0 Å². The van der Waals surface area contributed by atoms with Gasteiger partial charge in [-0.3, -0.25) is 0 Å². The van der Waals surface area contributed by atoms with Crippen molar-refractivity contribution in [3.05, 3.63) is 28.7 Å². The Morgan fingerprint density at radius 1 is 1.56 bits per heavy atom. The highest BCUT2D eigenvalue weighted by atomic mass is 35.5. The number of ether oxygens (including phenoxy) is 1. The van der Waals surface area contributed by atoms with Gasteiger partial charge in [-0.25, -0.2) is 23.1 Å². The van der Waals surface area contributed by atoms with Crippen molar-refractivity contribution in [2.75, 3.05) is 6.61 Å². The number of halogens is 3. The lowest BCUT2D eigenvalue weighted by molar-refractivity contribution is 0.0519. The van der Waals surface area contributed by atoms with E-state index in [1.807, 2.05) is 0 Å². The summed E-state index contributed by atoms with van der Waals surface area (Å²) in [6.45, 7) is 1.84. The van der Waals surface area contributed by atoms with Gasteiger partial charge in [0.25, 0.3) is 6.43 Å². The molecule has 2 rings (SSSR count). The van der Waals surface area contributed by atoms with E-state index in [9.17, 15) is 13.6 Å². The minimum absolute atomic E-state index is 0.0299. The molecule has 8 heteroatoms. The van der Waals surface area contributed by atoms with Gasteiger partial charge in [-0.1, -0.05) is 11.6 Å².